The molecule has 0 saturated carbocycles. The largest absolute Gasteiger partial charge is 0.300 e. The van der Waals surface area contributed by atoms with Gasteiger partial charge in [0.25, 0.3) is 5.91 Å². The highest BCUT2D eigenvalue weighted by atomic mass is 32.2. The summed E-state index contributed by atoms with van der Waals surface area (Å²) in [6.45, 7) is 2.82. The zero-order valence-corrected chi connectivity index (χ0v) is 12.6. The van der Waals surface area contributed by atoms with Crippen LogP contribution in [0.25, 0.3) is 10.6 Å². The molecule has 0 fully saturated rings. The summed E-state index contributed by atoms with van der Waals surface area (Å²) < 4.78 is 0. The highest BCUT2D eigenvalue weighted by molar-refractivity contribution is 8.14. The Labute approximate surface area is 125 Å². The van der Waals surface area contributed by atoms with E-state index in [4.69, 9.17) is 0 Å². The molecule has 4 nitrogen and oxygen atoms in total. The molecule has 0 saturated heterocycles. The number of thioether (sulfide) groups is 1. The van der Waals surface area contributed by atoms with Gasteiger partial charge in [0.05, 0.1) is 6.54 Å². The molecule has 1 aliphatic heterocycles. The van der Waals surface area contributed by atoms with Gasteiger partial charge in [-0.15, -0.1) is 11.3 Å². The fraction of sp³-hybridized carbons (Fsp3) is 0.214. The predicted octanol–water partition coefficient (Wildman–Crippen LogP) is 2.95. The number of nitrogens with zero attached hydrogens (tertiary/aromatic N) is 2. The zero-order valence-electron chi connectivity index (χ0n) is 10.9. The average molecular weight is 303 g/mol. The lowest BCUT2D eigenvalue weighted by Crippen LogP contribution is -2.27. The molecule has 0 atom stereocenters. The molecule has 1 N–H and O–H groups in total. The van der Waals surface area contributed by atoms with Crippen LogP contribution in [0.5, 0.6) is 0 Å². The van der Waals surface area contributed by atoms with Crippen LogP contribution >= 0.6 is 23.1 Å². The third-order valence-electron chi connectivity index (χ3n) is 2.84. The highest BCUT2D eigenvalue weighted by Crippen LogP contribution is 2.24. The third kappa shape index (κ3) is 2.91. The second kappa shape index (κ2) is 5.76. The maximum absolute atomic E-state index is 12.0. The summed E-state index contributed by atoms with van der Waals surface area (Å²) in [5, 5.41) is 6.12. The van der Waals surface area contributed by atoms with E-state index in [1.807, 2.05) is 31.2 Å². The number of rotatable bonds is 2. The van der Waals surface area contributed by atoms with Crippen LogP contribution in [-0.4, -0.2) is 28.4 Å². The Morgan fingerprint density at radius 3 is 2.80 bits per heavy atom. The van der Waals surface area contributed by atoms with Crippen LogP contribution in [0, 0.1) is 6.92 Å². The van der Waals surface area contributed by atoms with Crippen molar-refractivity contribution in [3.63, 3.8) is 0 Å². The molecule has 0 spiro atoms. The Hall–Kier alpha value is -1.66. The lowest BCUT2D eigenvalue weighted by Gasteiger charge is -2.00. The number of nitrogens with one attached hydrogen (secondary N) is 1. The van der Waals surface area contributed by atoms with Crippen molar-refractivity contribution in [1.29, 1.82) is 0 Å². The molecule has 0 radical (unpaired) electrons. The van der Waals surface area contributed by atoms with Gasteiger partial charge < -0.3 is 0 Å². The van der Waals surface area contributed by atoms with E-state index in [1.165, 1.54) is 16.9 Å². The van der Waals surface area contributed by atoms with E-state index in [2.05, 4.69) is 15.3 Å². The number of amidine groups is 1. The summed E-state index contributed by atoms with van der Waals surface area (Å²) >= 11 is 3.04. The number of carbonyl (C=O) groups is 1. The van der Waals surface area contributed by atoms with Gasteiger partial charge >= 0.3 is 0 Å². The summed E-state index contributed by atoms with van der Waals surface area (Å²) in [5.74, 6) is 0.745. The van der Waals surface area contributed by atoms with Crippen molar-refractivity contribution in [3.05, 3.63) is 40.9 Å². The van der Waals surface area contributed by atoms with Crippen LogP contribution in [0.15, 0.2) is 34.6 Å². The smallest absolute Gasteiger partial charge is 0.276 e. The van der Waals surface area contributed by atoms with Crippen LogP contribution in [0.3, 0.4) is 0 Å². The molecule has 1 amide bonds. The monoisotopic (exact) mass is 303 g/mol. The highest BCUT2D eigenvalue weighted by Gasteiger charge is 2.15. The molecule has 6 heteroatoms. The number of hydrogen-bond donors (Lipinski definition) is 1. The van der Waals surface area contributed by atoms with Crippen molar-refractivity contribution < 1.29 is 4.79 Å². The number of hydrogen-bond acceptors (Lipinski definition) is 5. The summed E-state index contributed by atoms with van der Waals surface area (Å²) in [6, 6.07) is 8.13. The topological polar surface area (TPSA) is 54.4 Å². The maximum Gasteiger partial charge on any atom is 0.276 e. The Morgan fingerprint density at radius 1 is 1.30 bits per heavy atom. The van der Waals surface area contributed by atoms with Gasteiger partial charge in [0.15, 0.2) is 5.17 Å². The Morgan fingerprint density at radius 2 is 2.10 bits per heavy atom. The fourth-order valence-corrected chi connectivity index (χ4v) is 3.31. The maximum atomic E-state index is 12.0. The number of aromatic nitrogens is 1. The SMILES string of the molecule is Cc1ccc(-c2nc(C(=O)NC3=NCCS3)cs2)cc1. The normalized spacial score (nSPS) is 14.2. The van der Waals surface area contributed by atoms with E-state index in [0.29, 0.717) is 10.9 Å². The lowest BCUT2D eigenvalue weighted by molar-refractivity contribution is 0.0974. The van der Waals surface area contributed by atoms with E-state index in [-0.39, 0.29) is 5.91 Å². The second-order valence-electron chi connectivity index (χ2n) is 4.39. The van der Waals surface area contributed by atoms with Crippen LogP contribution < -0.4 is 5.32 Å². The van der Waals surface area contributed by atoms with E-state index < -0.39 is 0 Å². The third-order valence-corrected chi connectivity index (χ3v) is 4.62. The molecule has 2 heterocycles. The number of aliphatic imine (C=N–C) groups is 1. The second-order valence-corrected chi connectivity index (χ2v) is 6.34. The van der Waals surface area contributed by atoms with Crippen molar-refractivity contribution in [1.82, 2.24) is 10.3 Å². The summed E-state index contributed by atoms with van der Waals surface area (Å²) in [4.78, 5) is 20.6. The van der Waals surface area contributed by atoms with Crippen molar-refractivity contribution >= 4 is 34.2 Å². The van der Waals surface area contributed by atoms with Gasteiger partial charge in [-0.25, -0.2) is 4.98 Å². The molecule has 1 aromatic heterocycles. The van der Waals surface area contributed by atoms with Crippen LogP contribution in [0.4, 0.5) is 0 Å². The van der Waals surface area contributed by atoms with Gasteiger partial charge in [0.1, 0.15) is 10.7 Å². The van der Waals surface area contributed by atoms with Gasteiger partial charge in [-0.3, -0.25) is 15.1 Å². The van der Waals surface area contributed by atoms with Crippen molar-refractivity contribution in [3.8, 4) is 10.6 Å². The average Bonchev–Trinajstić information content (AvgIpc) is 3.10. The molecule has 20 heavy (non-hydrogen) atoms. The van der Waals surface area contributed by atoms with Crippen LogP contribution in [0.1, 0.15) is 16.1 Å². The Kier molecular flexibility index (Phi) is 3.84. The van der Waals surface area contributed by atoms with Gasteiger partial charge in [0, 0.05) is 16.7 Å². The molecular weight excluding hydrogens is 290 g/mol. The van der Waals surface area contributed by atoms with E-state index in [1.54, 1.807) is 17.1 Å². The first-order valence-electron chi connectivity index (χ1n) is 6.23. The van der Waals surface area contributed by atoms with E-state index in [0.717, 1.165) is 22.9 Å². The first-order chi connectivity index (χ1) is 9.72. The number of aryl methyl sites for hydroxylation is 1. The summed E-state index contributed by atoms with van der Waals surface area (Å²) in [6.07, 6.45) is 0. The molecule has 3 rings (SSSR count). The number of thiazole rings is 1. The van der Waals surface area contributed by atoms with E-state index >= 15 is 0 Å². The molecule has 1 aromatic carbocycles. The lowest BCUT2D eigenvalue weighted by atomic mass is 10.2. The van der Waals surface area contributed by atoms with Crippen molar-refractivity contribution in [2.24, 2.45) is 4.99 Å². The Balaban J connectivity index is 1.76. The number of benzene rings is 1. The molecule has 102 valence electrons. The van der Waals surface area contributed by atoms with Gasteiger partial charge in [-0.1, -0.05) is 41.6 Å². The van der Waals surface area contributed by atoms with Crippen LogP contribution in [0.2, 0.25) is 0 Å². The molecule has 0 unspecified atom stereocenters. The molecule has 2 aromatic rings. The molecule has 0 aliphatic carbocycles. The summed E-state index contributed by atoms with van der Waals surface area (Å²) in [7, 11) is 0. The van der Waals surface area contributed by atoms with Gasteiger partial charge in [-0.2, -0.15) is 0 Å². The first kappa shape index (κ1) is 13.3. The standard InChI is InChI=1S/C14H13N3OS2/c1-9-2-4-10(5-3-9)13-16-11(8-20-13)12(18)17-14-15-6-7-19-14/h2-5,8H,6-7H2,1H3,(H,15,17,18). The van der Waals surface area contributed by atoms with Crippen LogP contribution in [-0.2, 0) is 0 Å². The van der Waals surface area contributed by atoms with Gasteiger partial charge in [-0.05, 0) is 6.92 Å². The van der Waals surface area contributed by atoms with Gasteiger partial charge in [0.2, 0.25) is 0 Å². The number of carbonyl (C=O) groups excluding carboxylic acids is 1. The predicted molar refractivity (Wildman–Crippen MR) is 84.5 cm³/mol. The van der Waals surface area contributed by atoms with Crippen molar-refractivity contribution in [2.45, 2.75) is 6.92 Å². The minimum Gasteiger partial charge on any atom is -0.300 e. The first-order valence-corrected chi connectivity index (χ1v) is 8.10. The Bertz CT molecular complexity index is 661. The molecule has 0 bridgehead atoms. The minimum absolute atomic E-state index is 0.187. The molecular formula is C14H13N3OS2. The van der Waals surface area contributed by atoms with E-state index in [9.17, 15) is 4.79 Å². The minimum atomic E-state index is -0.187. The quantitative estimate of drug-likeness (QED) is 0.928. The summed E-state index contributed by atoms with van der Waals surface area (Å²) in [5.41, 5.74) is 2.69. The number of amides is 1. The zero-order chi connectivity index (χ0) is 13.9. The fourth-order valence-electron chi connectivity index (χ4n) is 1.78. The van der Waals surface area contributed by atoms with Crippen molar-refractivity contribution in [2.75, 3.05) is 12.3 Å². The molecule has 1 aliphatic rings.